The summed E-state index contributed by atoms with van der Waals surface area (Å²) in [5.74, 6) is -0.300. The average Bonchev–Trinajstić information content (AvgIpc) is 4.25. The van der Waals surface area contributed by atoms with E-state index in [2.05, 4.69) is 83.8 Å². The largest absolute Gasteiger partial charge is 0.364 e. The lowest BCUT2D eigenvalue weighted by Gasteiger charge is -2.15. The van der Waals surface area contributed by atoms with Crippen molar-refractivity contribution in [3.63, 3.8) is 0 Å². The predicted octanol–water partition coefficient (Wildman–Crippen LogP) is 6.72. The van der Waals surface area contributed by atoms with E-state index in [9.17, 15) is 14.4 Å². The first-order valence-electron chi connectivity index (χ1n) is 24.1. The Kier molecular flexibility index (Phi) is 14.3. The minimum absolute atomic E-state index is 0.00913. The van der Waals surface area contributed by atoms with E-state index < -0.39 is 28.9 Å². The van der Waals surface area contributed by atoms with Crippen LogP contribution in [0.25, 0.3) is 44.3 Å². The van der Waals surface area contributed by atoms with Crippen molar-refractivity contribution < 1.29 is 32.2 Å². The van der Waals surface area contributed by atoms with E-state index in [-0.39, 0.29) is 48.1 Å². The van der Waals surface area contributed by atoms with Crippen molar-refractivity contribution in [1.82, 2.24) is 71.5 Å². The van der Waals surface area contributed by atoms with Crippen LogP contribution in [0.15, 0.2) is 82.6 Å². The third-order valence-corrected chi connectivity index (χ3v) is 12.5. The Morgan fingerprint density at radius 2 is 1.23 bits per heavy atom. The van der Waals surface area contributed by atoms with Gasteiger partial charge in [-0.3, -0.25) is 24.6 Å². The minimum atomic E-state index is -0.553. The van der Waals surface area contributed by atoms with Gasteiger partial charge in [-0.25, -0.2) is 18.7 Å². The molecular weight excluding hydrogens is 955 g/mol. The van der Waals surface area contributed by atoms with Gasteiger partial charge in [-0.15, -0.1) is 0 Å². The van der Waals surface area contributed by atoms with E-state index in [1.165, 1.54) is 18.2 Å². The molecule has 2 aromatic carbocycles. The number of nitrogens with zero attached hydrogens (tertiary/aromatic N) is 9. The topological polar surface area (TPSA) is 276 Å². The summed E-state index contributed by atoms with van der Waals surface area (Å²) in [6, 6.07) is 13.7. The van der Waals surface area contributed by atoms with Crippen LogP contribution < -0.4 is 26.6 Å². The first-order chi connectivity index (χ1) is 35.4. The number of fused-ring (bicyclic) bond motifs is 2. The molecule has 2 aliphatic rings. The fourth-order valence-electron chi connectivity index (χ4n) is 8.43. The number of rotatable bonds is 13. The molecule has 0 unspecified atom stereocenters. The maximum absolute atomic E-state index is 15.2. The normalized spacial score (nSPS) is 15.8. The van der Waals surface area contributed by atoms with Gasteiger partial charge in [0.15, 0.2) is 22.9 Å². The number of hydrogen-bond acceptors (Lipinski definition) is 16. The Morgan fingerprint density at radius 3 is 1.66 bits per heavy atom. The fraction of sp³-hybridized carbons (Fsp3) is 0.353. The summed E-state index contributed by atoms with van der Waals surface area (Å²) in [5.41, 5.74) is 3.94. The third-order valence-electron chi connectivity index (χ3n) is 12.5. The third kappa shape index (κ3) is 11.1. The summed E-state index contributed by atoms with van der Waals surface area (Å²) in [4.78, 5) is 55.5. The molecule has 6 aromatic heterocycles. The number of benzene rings is 2. The molecule has 2 saturated heterocycles. The molecule has 10 rings (SSSR count). The first kappa shape index (κ1) is 50.5. The second-order valence-corrected chi connectivity index (χ2v) is 20.1. The number of nitrogens with one attached hydrogen (secondary N) is 7. The van der Waals surface area contributed by atoms with E-state index in [1.54, 1.807) is 41.6 Å². The van der Waals surface area contributed by atoms with Crippen LogP contribution in [0.3, 0.4) is 0 Å². The molecule has 3 amide bonds. The average molecular weight is 1010 g/mol. The van der Waals surface area contributed by atoms with Crippen molar-refractivity contribution in [3.8, 4) is 22.3 Å². The van der Waals surface area contributed by atoms with Crippen LogP contribution in [-0.2, 0) is 28.7 Å². The number of H-pyrrole nitrogens is 2. The van der Waals surface area contributed by atoms with Crippen LogP contribution in [0.2, 0.25) is 0 Å². The van der Waals surface area contributed by atoms with E-state index in [1.807, 2.05) is 53.7 Å². The minimum Gasteiger partial charge on any atom is -0.364 e. The molecule has 8 aromatic rings. The molecule has 7 N–H and O–H groups in total. The zero-order valence-electron chi connectivity index (χ0n) is 41.7. The standard InChI is InChI=1S/C27H29FN8O3.C24H27FN8O2/c1-5-20(37)36-11-9-17(14-36)31-23-21-18(8-10-29-22(21)33-34-23)15-6-7-16(19(28)12-15)13-30-25(38)24-32-26(39-35-24)27(2,3)4;1-24(2,3)23-30-21(33-35-23)22(34)28-11-14-5-4-13(10-17(14)25)16-7-9-27-19-18(16)20(32-31-19)29-15-6-8-26-12-15/h5-8,10,12,17H,1,9,11,13-14H2,2-4H3,(H,30,38)(H2,29,31,33,34);4-5,7,9-10,15,26H,6,8,11-12H2,1-3H3,(H,28,34)(H2,27,29,31,32)/t17-;15-/m11/s1. The van der Waals surface area contributed by atoms with Crippen molar-refractivity contribution in [2.24, 2.45) is 0 Å². The van der Waals surface area contributed by atoms with E-state index >= 15 is 8.78 Å². The number of aromatic amines is 2. The van der Waals surface area contributed by atoms with Crippen LogP contribution in [0.4, 0.5) is 20.4 Å². The second-order valence-electron chi connectivity index (χ2n) is 20.1. The van der Waals surface area contributed by atoms with Gasteiger partial charge in [0.05, 0.1) is 10.8 Å². The first-order valence-corrected chi connectivity index (χ1v) is 24.1. The van der Waals surface area contributed by atoms with Gasteiger partial charge in [0, 0.05) is 79.2 Å². The summed E-state index contributed by atoms with van der Waals surface area (Å²) in [6.07, 6.45) is 6.37. The molecule has 23 heteroatoms. The number of aromatic nitrogens is 10. The molecule has 8 heterocycles. The highest BCUT2D eigenvalue weighted by Gasteiger charge is 2.28. The number of pyridine rings is 2. The molecule has 21 nitrogen and oxygen atoms in total. The smallest absolute Gasteiger partial charge is 0.292 e. The quantitative estimate of drug-likeness (QED) is 0.0590. The van der Waals surface area contributed by atoms with Crippen LogP contribution >= 0.6 is 0 Å². The zero-order valence-corrected chi connectivity index (χ0v) is 41.7. The zero-order chi connectivity index (χ0) is 52.3. The van der Waals surface area contributed by atoms with Gasteiger partial charge >= 0.3 is 0 Å². The molecule has 0 spiro atoms. The number of amides is 3. The van der Waals surface area contributed by atoms with Crippen molar-refractivity contribution in [1.29, 1.82) is 0 Å². The van der Waals surface area contributed by atoms with Crippen molar-refractivity contribution in [2.75, 3.05) is 36.8 Å². The van der Waals surface area contributed by atoms with E-state index in [0.717, 1.165) is 47.8 Å². The maximum Gasteiger partial charge on any atom is 0.292 e. The van der Waals surface area contributed by atoms with Crippen LogP contribution in [0.5, 0.6) is 0 Å². The lowest BCUT2D eigenvalue weighted by Crippen LogP contribution is -2.30. The van der Waals surface area contributed by atoms with Gasteiger partial charge in [0.2, 0.25) is 17.7 Å². The molecule has 74 heavy (non-hydrogen) atoms. The fourth-order valence-corrected chi connectivity index (χ4v) is 8.43. The number of anilines is 2. The van der Waals surface area contributed by atoms with Gasteiger partial charge in [-0.2, -0.15) is 20.2 Å². The summed E-state index contributed by atoms with van der Waals surface area (Å²) >= 11 is 0. The molecule has 0 radical (unpaired) electrons. The second kappa shape index (κ2) is 20.9. The van der Waals surface area contributed by atoms with Crippen LogP contribution in [0, 0.1) is 11.6 Å². The van der Waals surface area contributed by atoms with Crippen LogP contribution in [0.1, 0.15) is 98.5 Å². The summed E-state index contributed by atoms with van der Waals surface area (Å²) in [5, 5.41) is 39.1. The molecule has 0 aliphatic carbocycles. The lowest BCUT2D eigenvalue weighted by atomic mass is 9.97. The number of halogens is 2. The molecule has 2 fully saturated rings. The summed E-state index contributed by atoms with van der Waals surface area (Å²) in [6.45, 7) is 17.9. The van der Waals surface area contributed by atoms with Gasteiger partial charge in [0.25, 0.3) is 23.5 Å². The van der Waals surface area contributed by atoms with Crippen molar-refractivity contribution in [3.05, 3.63) is 120 Å². The number of carbonyl (C=O) groups excluding carboxylic acids is 3. The van der Waals surface area contributed by atoms with Gasteiger partial charge < -0.3 is 40.5 Å². The highest BCUT2D eigenvalue weighted by molar-refractivity contribution is 6.01. The molecule has 2 atom stereocenters. The molecular formula is C51H56F2N16O5. The number of likely N-dealkylation sites (tertiary alicyclic amines) is 1. The maximum atomic E-state index is 15.2. The highest BCUT2D eigenvalue weighted by atomic mass is 19.1. The van der Waals surface area contributed by atoms with E-state index in [4.69, 9.17) is 9.05 Å². The van der Waals surface area contributed by atoms with Gasteiger partial charge in [-0.1, -0.05) is 82.7 Å². The van der Waals surface area contributed by atoms with Gasteiger partial charge in [0.1, 0.15) is 11.6 Å². The van der Waals surface area contributed by atoms with Crippen molar-refractivity contribution >= 4 is 51.4 Å². The van der Waals surface area contributed by atoms with Crippen molar-refractivity contribution in [2.45, 2.75) is 90.4 Å². The molecule has 0 saturated carbocycles. The Balaban J connectivity index is 0.000000183. The Morgan fingerprint density at radius 1 is 0.730 bits per heavy atom. The highest BCUT2D eigenvalue weighted by Crippen LogP contribution is 2.35. The Hall–Kier alpha value is -8.47. The van der Waals surface area contributed by atoms with E-state index in [0.29, 0.717) is 70.1 Å². The Bertz CT molecular complexity index is 3360. The predicted molar refractivity (Wildman–Crippen MR) is 271 cm³/mol. The molecule has 384 valence electrons. The molecule has 2 aliphatic heterocycles. The van der Waals surface area contributed by atoms with Gasteiger partial charge in [-0.05, 0) is 72.0 Å². The summed E-state index contributed by atoms with van der Waals surface area (Å²) < 4.78 is 40.5. The van der Waals surface area contributed by atoms with Crippen LogP contribution in [-0.4, -0.2) is 112 Å². The SMILES string of the molecule is C=CC(=O)N1CC[C@@H](Nc2n[nH]c3nccc(-c4ccc(CNC(=O)c5noc(C(C)(C)C)n5)c(F)c4)c23)C1.CC(C)(C)c1nc(C(=O)NCc2ccc(-c3ccnc4[nH]nc(N[C@@H]5CCNC5)c34)cc2F)no1. The summed E-state index contributed by atoms with van der Waals surface area (Å²) in [7, 11) is 0. The Labute approximate surface area is 423 Å². The lowest BCUT2D eigenvalue weighted by molar-refractivity contribution is -0.125. The number of hydrogen-bond donors (Lipinski definition) is 7. The number of carbonyl (C=O) groups is 3. The monoisotopic (exact) mass is 1010 g/mol. The molecule has 0 bridgehead atoms.